The molecule has 0 saturated carbocycles. The first-order chi connectivity index (χ1) is 9.55. The Morgan fingerprint density at radius 3 is 2.80 bits per heavy atom. The summed E-state index contributed by atoms with van der Waals surface area (Å²) in [5.41, 5.74) is 1.14. The van der Waals surface area contributed by atoms with Crippen LogP contribution in [0.3, 0.4) is 0 Å². The fourth-order valence-corrected chi connectivity index (χ4v) is 1.68. The maximum absolute atomic E-state index is 11.6. The SMILES string of the molecule is CCC(CNC(=O)NC(C)CO)Oc1cccc(C)c1. The molecule has 0 aliphatic carbocycles. The number of carbonyl (C=O) groups is 1. The molecular formula is C15H24N2O3. The van der Waals surface area contributed by atoms with Crippen LogP contribution in [0.4, 0.5) is 4.79 Å². The topological polar surface area (TPSA) is 70.6 Å². The van der Waals surface area contributed by atoms with Crippen molar-refractivity contribution in [3.05, 3.63) is 29.8 Å². The van der Waals surface area contributed by atoms with Gasteiger partial charge in [-0.3, -0.25) is 0 Å². The molecule has 0 aliphatic heterocycles. The zero-order chi connectivity index (χ0) is 15.0. The molecule has 2 amide bonds. The van der Waals surface area contributed by atoms with E-state index in [0.29, 0.717) is 6.54 Å². The molecule has 2 atom stereocenters. The van der Waals surface area contributed by atoms with Gasteiger partial charge in [-0.25, -0.2) is 4.79 Å². The van der Waals surface area contributed by atoms with Gasteiger partial charge in [0.1, 0.15) is 11.9 Å². The molecule has 0 aromatic heterocycles. The summed E-state index contributed by atoms with van der Waals surface area (Å²) in [4.78, 5) is 11.6. The quantitative estimate of drug-likeness (QED) is 0.713. The van der Waals surface area contributed by atoms with E-state index in [4.69, 9.17) is 9.84 Å². The smallest absolute Gasteiger partial charge is 0.315 e. The Labute approximate surface area is 120 Å². The summed E-state index contributed by atoms with van der Waals surface area (Å²) in [5.74, 6) is 0.808. The molecule has 0 spiro atoms. The first kappa shape index (κ1) is 16.3. The third kappa shape index (κ3) is 5.93. The minimum Gasteiger partial charge on any atom is -0.489 e. The number of nitrogens with one attached hydrogen (secondary N) is 2. The first-order valence-electron chi connectivity index (χ1n) is 6.93. The summed E-state index contributed by atoms with van der Waals surface area (Å²) in [5, 5.41) is 14.2. The number of hydrogen-bond donors (Lipinski definition) is 3. The molecule has 1 rings (SSSR count). The van der Waals surface area contributed by atoms with Crippen LogP contribution < -0.4 is 15.4 Å². The van der Waals surface area contributed by atoms with Gasteiger partial charge in [0.25, 0.3) is 0 Å². The Bertz CT molecular complexity index is 423. The number of amides is 2. The van der Waals surface area contributed by atoms with Gasteiger partial charge in [-0.05, 0) is 38.0 Å². The lowest BCUT2D eigenvalue weighted by molar-refractivity contribution is 0.186. The average molecular weight is 280 g/mol. The zero-order valence-corrected chi connectivity index (χ0v) is 12.3. The van der Waals surface area contributed by atoms with Crippen LogP contribution in [0.1, 0.15) is 25.8 Å². The normalized spacial score (nSPS) is 13.4. The highest BCUT2D eigenvalue weighted by Crippen LogP contribution is 2.15. The standard InChI is InChI=1S/C15H24N2O3/c1-4-13(9-16-15(19)17-12(3)10-18)20-14-7-5-6-11(2)8-14/h5-8,12-13,18H,4,9-10H2,1-3H3,(H2,16,17,19). The number of aliphatic hydroxyl groups excluding tert-OH is 1. The van der Waals surface area contributed by atoms with Gasteiger partial charge in [-0.1, -0.05) is 19.1 Å². The van der Waals surface area contributed by atoms with Crippen molar-refractivity contribution in [2.45, 2.75) is 39.3 Å². The summed E-state index contributed by atoms with van der Waals surface area (Å²) in [7, 11) is 0. The van der Waals surface area contributed by atoms with Crippen LogP contribution in [0.2, 0.25) is 0 Å². The van der Waals surface area contributed by atoms with Gasteiger partial charge in [-0.2, -0.15) is 0 Å². The fourth-order valence-electron chi connectivity index (χ4n) is 1.68. The van der Waals surface area contributed by atoms with Gasteiger partial charge in [0.2, 0.25) is 0 Å². The highest BCUT2D eigenvalue weighted by Gasteiger charge is 2.11. The molecule has 0 bridgehead atoms. The van der Waals surface area contributed by atoms with Gasteiger partial charge in [0.05, 0.1) is 19.2 Å². The van der Waals surface area contributed by atoms with Crippen molar-refractivity contribution in [2.24, 2.45) is 0 Å². The highest BCUT2D eigenvalue weighted by atomic mass is 16.5. The molecule has 1 aromatic rings. The van der Waals surface area contributed by atoms with E-state index in [1.165, 1.54) is 0 Å². The van der Waals surface area contributed by atoms with E-state index in [1.54, 1.807) is 6.92 Å². The van der Waals surface area contributed by atoms with Crippen LogP contribution in [0.25, 0.3) is 0 Å². The summed E-state index contributed by atoms with van der Waals surface area (Å²) in [6.07, 6.45) is 0.719. The molecule has 5 nitrogen and oxygen atoms in total. The minimum absolute atomic E-state index is 0.0769. The van der Waals surface area contributed by atoms with E-state index in [2.05, 4.69) is 10.6 Å². The van der Waals surface area contributed by atoms with E-state index < -0.39 is 0 Å². The molecule has 1 aromatic carbocycles. The molecule has 0 fully saturated rings. The third-order valence-corrected chi connectivity index (χ3v) is 2.89. The summed E-state index contributed by atoms with van der Waals surface area (Å²) in [6, 6.07) is 7.28. The lowest BCUT2D eigenvalue weighted by Crippen LogP contribution is -2.45. The lowest BCUT2D eigenvalue weighted by Gasteiger charge is -2.19. The highest BCUT2D eigenvalue weighted by molar-refractivity contribution is 5.74. The molecule has 112 valence electrons. The minimum atomic E-state index is -0.294. The summed E-state index contributed by atoms with van der Waals surface area (Å²) < 4.78 is 5.83. The Morgan fingerprint density at radius 2 is 2.20 bits per heavy atom. The molecule has 0 aliphatic rings. The van der Waals surface area contributed by atoms with E-state index >= 15 is 0 Å². The molecule has 0 saturated heterocycles. The van der Waals surface area contributed by atoms with E-state index in [0.717, 1.165) is 17.7 Å². The van der Waals surface area contributed by atoms with Crippen molar-refractivity contribution in [2.75, 3.05) is 13.2 Å². The predicted molar refractivity (Wildman–Crippen MR) is 79.0 cm³/mol. The Balaban J connectivity index is 2.41. The Hall–Kier alpha value is -1.75. The van der Waals surface area contributed by atoms with Crippen molar-refractivity contribution in [3.63, 3.8) is 0 Å². The first-order valence-corrected chi connectivity index (χ1v) is 6.93. The van der Waals surface area contributed by atoms with Crippen LogP contribution in [0.15, 0.2) is 24.3 Å². The number of aryl methyl sites for hydroxylation is 1. The Kier molecular flexibility index (Phi) is 6.87. The predicted octanol–water partition coefficient (Wildman–Crippen LogP) is 1.83. The van der Waals surface area contributed by atoms with Crippen molar-refractivity contribution in [3.8, 4) is 5.75 Å². The largest absolute Gasteiger partial charge is 0.489 e. The number of ether oxygens (including phenoxy) is 1. The monoisotopic (exact) mass is 280 g/mol. The van der Waals surface area contributed by atoms with Gasteiger partial charge >= 0.3 is 6.03 Å². The molecule has 20 heavy (non-hydrogen) atoms. The lowest BCUT2D eigenvalue weighted by atomic mass is 10.2. The maximum atomic E-state index is 11.6. The summed E-state index contributed by atoms with van der Waals surface area (Å²) >= 11 is 0. The van der Waals surface area contributed by atoms with Gasteiger partial charge in [0, 0.05) is 0 Å². The van der Waals surface area contributed by atoms with E-state index in [9.17, 15) is 4.79 Å². The van der Waals surface area contributed by atoms with Crippen LogP contribution in [0.5, 0.6) is 5.75 Å². The number of rotatable bonds is 7. The van der Waals surface area contributed by atoms with Gasteiger partial charge < -0.3 is 20.5 Å². The molecule has 5 heteroatoms. The molecular weight excluding hydrogens is 256 g/mol. The summed E-state index contributed by atoms with van der Waals surface area (Å²) in [6.45, 7) is 6.10. The molecule has 2 unspecified atom stereocenters. The number of hydrogen-bond acceptors (Lipinski definition) is 3. The van der Waals surface area contributed by atoms with Gasteiger partial charge in [0.15, 0.2) is 0 Å². The number of carbonyl (C=O) groups excluding carboxylic acids is 1. The van der Waals surface area contributed by atoms with Crippen LogP contribution in [-0.4, -0.2) is 36.4 Å². The number of aliphatic hydroxyl groups is 1. The second-order valence-electron chi connectivity index (χ2n) is 4.90. The van der Waals surface area contributed by atoms with Crippen LogP contribution in [-0.2, 0) is 0 Å². The number of urea groups is 1. The average Bonchev–Trinajstić information content (AvgIpc) is 2.43. The van der Waals surface area contributed by atoms with Crippen molar-refractivity contribution in [1.29, 1.82) is 0 Å². The molecule has 3 N–H and O–H groups in total. The molecule has 0 heterocycles. The van der Waals surface area contributed by atoms with E-state index in [1.807, 2.05) is 38.1 Å². The van der Waals surface area contributed by atoms with E-state index in [-0.39, 0.29) is 24.8 Å². The second-order valence-corrected chi connectivity index (χ2v) is 4.90. The fraction of sp³-hybridized carbons (Fsp3) is 0.533. The van der Waals surface area contributed by atoms with Crippen LogP contribution >= 0.6 is 0 Å². The van der Waals surface area contributed by atoms with Crippen molar-refractivity contribution >= 4 is 6.03 Å². The third-order valence-electron chi connectivity index (χ3n) is 2.89. The number of benzene rings is 1. The Morgan fingerprint density at radius 1 is 1.45 bits per heavy atom. The van der Waals surface area contributed by atoms with Crippen molar-refractivity contribution in [1.82, 2.24) is 10.6 Å². The molecule has 0 radical (unpaired) electrons. The van der Waals surface area contributed by atoms with Gasteiger partial charge in [-0.15, -0.1) is 0 Å². The zero-order valence-electron chi connectivity index (χ0n) is 12.3. The van der Waals surface area contributed by atoms with Crippen molar-refractivity contribution < 1.29 is 14.6 Å². The van der Waals surface area contributed by atoms with Crippen LogP contribution in [0, 0.1) is 6.92 Å². The maximum Gasteiger partial charge on any atom is 0.315 e. The second kappa shape index (κ2) is 8.43.